The van der Waals surface area contributed by atoms with E-state index in [1.54, 1.807) is 0 Å². The standard InChI is InChI=1S/C14H26N2S2/c1-11-4-7-14(8-5-11)10-18-13(16-14)15-12(2)6-9-17-3/h11-12H,4-10H2,1-3H3,(H,15,16). The van der Waals surface area contributed by atoms with Gasteiger partial charge in [0.15, 0.2) is 5.17 Å². The lowest BCUT2D eigenvalue weighted by Crippen LogP contribution is -2.46. The Balaban J connectivity index is 1.85. The van der Waals surface area contributed by atoms with Gasteiger partial charge in [-0.3, -0.25) is 4.99 Å². The molecule has 1 aliphatic carbocycles. The van der Waals surface area contributed by atoms with Gasteiger partial charge < -0.3 is 5.32 Å². The van der Waals surface area contributed by atoms with E-state index in [0.717, 1.165) is 5.92 Å². The first-order chi connectivity index (χ1) is 8.63. The molecule has 0 bridgehead atoms. The molecular formula is C14H26N2S2. The number of hydrogen-bond donors (Lipinski definition) is 1. The van der Waals surface area contributed by atoms with E-state index in [-0.39, 0.29) is 0 Å². The SMILES string of the molecule is CSCCC(C)N=C1NC2(CCC(C)CC2)CS1. The Morgan fingerprint density at radius 3 is 2.89 bits per heavy atom. The van der Waals surface area contributed by atoms with Crippen molar-refractivity contribution in [2.45, 2.75) is 57.5 Å². The maximum Gasteiger partial charge on any atom is 0.157 e. The zero-order valence-electron chi connectivity index (χ0n) is 11.9. The molecular weight excluding hydrogens is 260 g/mol. The fourth-order valence-electron chi connectivity index (χ4n) is 2.71. The highest BCUT2D eigenvalue weighted by molar-refractivity contribution is 8.14. The maximum atomic E-state index is 4.84. The second-order valence-corrected chi connectivity index (χ2v) is 7.89. The molecule has 0 amide bonds. The Morgan fingerprint density at radius 2 is 2.22 bits per heavy atom. The summed E-state index contributed by atoms with van der Waals surface area (Å²) in [6, 6.07) is 0.463. The summed E-state index contributed by atoms with van der Waals surface area (Å²) in [7, 11) is 0. The molecule has 1 aliphatic heterocycles. The van der Waals surface area contributed by atoms with E-state index >= 15 is 0 Å². The molecule has 0 aromatic rings. The van der Waals surface area contributed by atoms with E-state index in [9.17, 15) is 0 Å². The van der Waals surface area contributed by atoms with Gasteiger partial charge in [-0.1, -0.05) is 18.7 Å². The normalized spacial score (nSPS) is 35.9. The van der Waals surface area contributed by atoms with Crippen molar-refractivity contribution in [3.63, 3.8) is 0 Å². The van der Waals surface area contributed by atoms with Crippen LogP contribution in [0.4, 0.5) is 0 Å². The highest BCUT2D eigenvalue weighted by atomic mass is 32.2. The Labute approximate surface area is 120 Å². The summed E-state index contributed by atoms with van der Waals surface area (Å²) in [5.41, 5.74) is 0.384. The second-order valence-electron chi connectivity index (χ2n) is 5.94. The van der Waals surface area contributed by atoms with Crippen LogP contribution in [-0.2, 0) is 0 Å². The number of nitrogens with one attached hydrogen (secondary N) is 1. The van der Waals surface area contributed by atoms with E-state index in [1.807, 2.05) is 23.5 Å². The number of thioether (sulfide) groups is 2. The molecule has 4 heteroatoms. The predicted molar refractivity (Wildman–Crippen MR) is 85.9 cm³/mol. The molecule has 18 heavy (non-hydrogen) atoms. The molecule has 1 atom stereocenters. The lowest BCUT2D eigenvalue weighted by molar-refractivity contribution is 0.250. The quantitative estimate of drug-likeness (QED) is 0.851. The molecule has 0 radical (unpaired) electrons. The minimum atomic E-state index is 0.384. The van der Waals surface area contributed by atoms with Crippen LogP contribution >= 0.6 is 23.5 Å². The van der Waals surface area contributed by atoms with Gasteiger partial charge in [-0.05, 0) is 57.0 Å². The summed E-state index contributed by atoms with van der Waals surface area (Å²) >= 11 is 3.86. The first-order valence-electron chi connectivity index (χ1n) is 7.11. The van der Waals surface area contributed by atoms with Crippen LogP contribution in [0, 0.1) is 5.92 Å². The van der Waals surface area contributed by atoms with Gasteiger partial charge in [-0.15, -0.1) is 0 Å². The van der Waals surface area contributed by atoms with Gasteiger partial charge in [0.25, 0.3) is 0 Å². The van der Waals surface area contributed by atoms with Crippen LogP contribution in [0.25, 0.3) is 0 Å². The molecule has 1 unspecified atom stereocenters. The Kier molecular flexibility index (Phi) is 5.31. The van der Waals surface area contributed by atoms with Crippen molar-refractivity contribution in [2.24, 2.45) is 10.9 Å². The molecule has 1 saturated carbocycles. The number of hydrogen-bond acceptors (Lipinski definition) is 3. The Morgan fingerprint density at radius 1 is 1.50 bits per heavy atom. The summed E-state index contributed by atoms with van der Waals surface area (Å²) < 4.78 is 0. The van der Waals surface area contributed by atoms with Gasteiger partial charge in [-0.2, -0.15) is 11.8 Å². The summed E-state index contributed by atoms with van der Waals surface area (Å²) in [4.78, 5) is 4.84. The molecule has 2 rings (SSSR count). The minimum absolute atomic E-state index is 0.384. The highest BCUT2D eigenvalue weighted by Crippen LogP contribution is 2.38. The fourth-order valence-corrected chi connectivity index (χ4v) is 4.61. The van der Waals surface area contributed by atoms with Gasteiger partial charge in [0, 0.05) is 11.3 Å². The summed E-state index contributed by atoms with van der Waals surface area (Å²) in [6.07, 6.45) is 8.78. The monoisotopic (exact) mass is 286 g/mol. The Hall–Kier alpha value is 0.170. The van der Waals surface area contributed by atoms with Crippen molar-refractivity contribution in [1.82, 2.24) is 5.32 Å². The molecule has 2 fully saturated rings. The van der Waals surface area contributed by atoms with E-state index in [0.29, 0.717) is 11.6 Å². The zero-order chi connectivity index (χ0) is 13.0. The third kappa shape index (κ3) is 3.83. The number of amidine groups is 1. The molecule has 0 aromatic heterocycles. The molecule has 1 heterocycles. The number of nitrogens with zero attached hydrogens (tertiary/aromatic N) is 1. The molecule has 1 spiro atoms. The molecule has 2 nitrogen and oxygen atoms in total. The third-order valence-corrected chi connectivity index (χ3v) is 5.99. The lowest BCUT2D eigenvalue weighted by atomic mass is 9.78. The highest BCUT2D eigenvalue weighted by Gasteiger charge is 2.39. The first kappa shape index (κ1) is 14.6. The molecule has 104 valence electrons. The van der Waals surface area contributed by atoms with Crippen molar-refractivity contribution >= 4 is 28.7 Å². The van der Waals surface area contributed by atoms with Crippen molar-refractivity contribution in [2.75, 3.05) is 17.8 Å². The average Bonchev–Trinajstić information content (AvgIpc) is 2.74. The van der Waals surface area contributed by atoms with Crippen LogP contribution < -0.4 is 5.32 Å². The van der Waals surface area contributed by atoms with Crippen LogP contribution in [0.2, 0.25) is 0 Å². The minimum Gasteiger partial charge on any atom is -0.359 e. The van der Waals surface area contributed by atoms with Crippen LogP contribution in [-0.4, -0.2) is 34.5 Å². The lowest BCUT2D eigenvalue weighted by Gasteiger charge is -2.35. The summed E-state index contributed by atoms with van der Waals surface area (Å²) in [5, 5.41) is 4.95. The van der Waals surface area contributed by atoms with Crippen LogP contribution in [0.15, 0.2) is 4.99 Å². The van der Waals surface area contributed by atoms with Gasteiger partial charge in [0.2, 0.25) is 0 Å². The molecule has 2 aliphatic rings. The number of rotatable bonds is 4. The van der Waals surface area contributed by atoms with E-state index in [1.165, 1.54) is 48.8 Å². The maximum absolute atomic E-state index is 4.84. The molecule has 1 saturated heterocycles. The summed E-state index contributed by atoms with van der Waals surface area (Å²) in [5.74, 6) is 3.36. The zero-order valence-corrected chi connectivity index (χ0v) is 13.5. The second kappa shape index (κ2) is 6.56. The number of aliphatic imine (C=N–C) groups is 1. The van der Waals surface area contributed by atoms with Crippen molar-refractivity contribution in [1.29, 1.82) is 0 Å². The van der Waals surface area contributed by atoms with Crippen LogP contribution in [0.3, 0.4) is 0 Å². The van der Waals surface area contributed by atoms with E-state index in [2.05, 4.69) is 25.4 Å². The average molecular weight is 287 g/mol. The molecule has 0 aromatic carbocycles. The predicted octanol–water partition coefficient (Wildman–Crippen LogP) is 3.77. The van der Waals surface area contributed by atoms with Crippen molar-refractivity contribution in [3.8, 4) is 0 Å². The van der Waals surface area contributed by atoms with Crippen molar-refractivity contribution in [3.05, 3.63) is 0 Å². The fraction of sp³-hybridized carbons (Fsp3) is 0.929. The van der Waals surface area contributed by atoms with Gasteiger partial charge >= 0.3 is 0 Å². The van der Waals surface area contributed by atoms with Gasteiger partial charge in [0.05, 0.1) is 6.04 Å². The van der Waals surface area contributed by atoms with Crippen LogP contribution in [0.1, 0.15) is 46.0 Å². The first-order valence-corrected chi connectivity index (χ1v) is 9.49. The van der Waals surface area contributed by atoms with Crippen LogP contribution in [0.5, 0.6) is 0 Å². The van der Waals surface area contributed by atoms with E-state index < -0.39 is 0 Å². The molecule has 1 N–H and O–H groups in total. The Bertz CT molecular complexity index is 296. The van der Waals surface area contributed by atoms with Crippen molar-refractivity contribution < 1.29 is 0 Å². The van der Waals surface area contributed by atoms with Gasteiger partial charge in [0.1, 0.15) is 0 Å². The summed E-state index contributed by atoms with van der Waals surface area (Å²) in [6.45, 7) is 4.62. The van der Waals surface area contributed by atoms with Gasteiger partial charge in [-0.25, -0.2) is 0 Å². The van der Waals surface area contributed by atoms with E-state index in [4.69, 9.17) is 4.99 Å². The third-order valence-electron chi connectivity index (χ3n) is 4.17. The topological polar surface area (TPSA) is 24.4 Å². The largest absolute Gasteiger partial charge is 0.359 e. The smallest absolute Gasteiger partial charge is 0.157 e.